The van der Waals surface area contributed by atoms with Gasteiger partial charge in [0.05, 0.1) is 0 Å². The van der Waals surface area contributed by atoms with E-state index in [0.29, 0.717) is 10.8 Å². The fourth-order valence-electron chi connectivity index (χ4n) is 3.29. The van der Waals surface area contributed by atoms with Crippen LogP contribution < -0.4 is 0 Å². The molecule has 0 atom stereocenters. The van der Waals surface area contributed by atoms with E-state index in [9.17, 15) is 0 Å². The minimum atomic E-state index is 0.446. The van der Waals surface area contributed by atoms with Gasteiger partial charge in [-0.2, -0.15) is 0 Å². The van der Waals surface area contributed by atoms with Gasteiger partial charge in [-0.05, 0) is 23.2 Å². The molecule has 0 unspecified atom stereocenters. The predicted octanol–water partition coefficient (Wildman–Crippen LogP) is 6.45. The molecule has 0 fully saturated rings. The van der Waals surface area contributed by atoms with Crippen LogP contribution in [0, 0.1) is 16.7 Å². The van der Waals surface area contributed by atoms with Crippen molar-refractivity contribution in [1.29, 1.82) is 0 Å². The van der Waals surface area contributed by atoms with Gasteiger partial charge in [-0.3, -0.25) is 0 Å². The zero-order valence-electron chi connectivity index (χ0n) is 13.5. The molecule has 0 aliphatic carbocycles. The standard InChI is InChI=1S/C17H36/c1-8-9-10-11-12-13-14-15(16(2,3)4)17(5,6)7/h15H,8-14H2,1-7H3. The maximum atomic E-state index is 2.40. The minimum absolute atomic E-state index is 0.446. The summed E-state index contributed by atoms with van der Waals surface area (Å²) >= 11 is 0. The predicted molar refractivity (Wildman–Crippen MR) is 80.4 cm³/mol. The van der Waals surface area contributed by atoms with E-state index in [1.165, 1.54) is 44.9 Å². The molecule has 0 heterocycles. The molecule has 0 aliphatic heterocycles. The van der Waals surface area contributed by atoms with Crippen molar-refractivity contribution in [2.75, 3.05) is 0 Å². The van der Waals surface area contributed by atoms with Crippen LogP contribution in [0.2, 0.25) is 0 Å². The molecule has 0 saturated heterocycles. The van der Waals surface area contributed by atoms with Crippen molar-refractivity contribution in [2.24, 2.45) is 16.7 Å². The Hall–Kier alpha value is 0. The first kappa shape index (κ1) is 17.0. The monoisotopic (exact) mass is 240 g/mol. The van der Waals surface area contributed by atoms with Gasteiger partial charge in [0, 0.05) is 0 Å². The molecule has 0 spiro atoms. The van der Waals surface area contributed by atoms with Gasteiger partial charge in [0.15, 0.2) is 0 Å². The maximum absolute atomic E-state index is 2.40. The molecule has 0 aromatic rings. The summed E-state index contributed by atoms with van der Waals surface area (Å²) in [5.41, 5.74) is 0.892. The summed E-state index contributed by atoms with van der Waals surface area (Å²) in [6.07, 6.45) is 9.90. The summed E-state index contributed by atoms with van der Waals surface area (Å²) in [5.74, 6) is 0.834. The van der Waals surface area contributed by atoms with Gasteiger partial charge >= 0.3 is 0 Å². The Morgan fingerprint density at radius 2 is 1.06 bits per heavy atom. The molecule has 0 radical (unpaired) electrons. The molecular formula is C17H36. The van der Waals surface area contributed by atoms with E-state index < -0.39 is 0 Å². The number of unbranched alkanes of at least 4 members (excludes halogenated alkanes) is 5. The van der Waals surface area contributed by atoms with E-state index in [1.807, 2.05) is 0 Å². The molecule has 0 saturated carbocycles. The van der Waals surface area contributed by atoms with Crippen LogP contribution in [-0.2, 0) is 0 Å². The molecule has 0 amide bonds. The summed E-state index contributed by atoms with van der Waals surface area (Å²) in [5, 5.41) is 0. The molecule has 0 bridgehead atoms. The van der Waals surface area contributed by atoms with Crippen molar-refractivity contribution < 1.29 is 0 Å². The van der Waals surface area contributed by atoms with Crippen molar-refractivity contribution in [3.8, 4) is 0 Å². The topological polar surface area (TPSA) is 0 Å². The van der Waals surface area contributed by atoms with Crippen LogP contribution in [0.1, 0.15) is 93.4 Å². The molecule has 0 rings (SSSR count). The van der Waals surface area contributed by atoms with E-state index in [-0.39, 0.29) is 0 Å². The average Bonchev–Trinajstić information content (AvgIpc) is 2.12. The molecule has 0 aromatic heterocycles. The summed E-state index contributed by atoms with van der Waals surface area (Å²) in [6.45, 7) is 16.7. The zero-order chi connectivity index (χ0) is 13.5. The first-order valence-corrected chi connectivity index (χ1v) is 7.69. The lowest BCUT2D eigenvalue weighted by Gasteiger charge is -2.41. The summed E-state index contributed by atoms with van der Waals surface area (Å²) in [7, 11) is 0. The van der Waals surface area contributed by atoms with E-state index in [0.717, 1.165) is 5.92 Å². The van der Waals surface area contributed by atoms with Gasteiger partial charge in [-0.15, -0.1) is 0 Å². The highest BCUT2D eigenvalue weighted by molar-refractivity contribution is 4.83. The number of rotatable bonds is 7. The highest BCUT2D eigenvalue weighted by Crippen LogP contribution is 2.42. The van der Waals surface area contributed by atoms with Gasteiger partial charge in [-0.1, -0.05) is 87.0 Å². The molecular weight excluding hydrogens is 204 g/mol. The quantitative estimate of drug-likeness (QED) is 0.449. The second kappa shape index (κ2) is 7.44. The Kier molecular flexibility index (Phi) is 7.44. The lowest BCUT2D eigenvalue weighted by molar-refractivity contribution is 0.0899. The van der Waals surface area contributed by atoms with Gasteiger partial charge in [0.2, 0.25) is 0 Å². The van der Waals surface area contributed by atoms with Crippen LogP contribution in [0.25, 0.3) is 0 Å². The van der Waals surface area contributed by atoms with Crippen molar-refractivity contribution in [3.05, 3.63) is 0 Å². The summed E-state index contributed by atoms with van der Waals surface area (Å²) in [4.78, 5) is 0. The third-order valence-corrected chi connectivity index (χ3v) is 3.94. The number of hydrogen-bond donors (Lipinski definition) is 0. The molecule has 0 aliphatic rings. The van der Waals surface area contributed by atoms with Crippen molar-refractivity contribution >= 4 is 0 Å². The summed E-state index contributed by atoms with van der Waals surface area (Å²) in [6, 6.07) is 0. The van der Waals surface area contributed by atoms with Gasteiger partial charge < -0.3 is 0 Å². The Morgan fingerprint density at radius 1 is 0.647 bits per heavy atom. The fourth-order valence-corrected chi connectivity index (χ4v) is 3.29. The van der Waals surface area contributed by atoms with Crippen molar-refractivity contribution in [1.82, 2.24) is 0 Å². The van der Waals surface area contributed by atoms with E-state index in [1.54, 1.807) is 0 Å². The molecule has 0 aromatic carbocycles. The van der Waals surface area contributed by atoms with E-state index in [2.05, 4.69) is 48.5 Å². The molecule has 0 nitrogen and oxygen atoms in total. The van der Waals surface area contributed by atoms with Crippen LogP contribution in [0.5, 0.6) is 0 Å². The Labute approximate surface area is 111 Å². The summed E-state index contributed by atoms with van der Waals surface area (Å²) < 4.78 is 0. The molecule has 17 heavy (non-hydrogen) atoms. The fraction of sp³-hybridized carbons (Fsp3) is 1.00. The van der Waals surface area contributed by atoms with E-state index >= 15 is 0 Å². The largest absolute Gasteiger partial charge is 0.0654 e. The Morgan fingerprint density at radius 3 is 1.47 bits per heavy atom. The lowest BCUT2D eigenvalue weighted by Crippen LogP contribution is -2.32. The lowest BCUT2D eigenvalue weighted by atomic mass is 9.65. The highest BCUT2D eigenvalue weighted by Gasteiger charge is 2.33. The zero-order valence-corrected chi connectivity index (χ0v) is 13.5. The SMILES string of the molecule is CCCCCCCCC(C(C)(C)C)C(C)(C)C. The number of hydrogen-bond acceptors (Lipinski definition) is 0. The normalized spacial score (nSPS) is 13.4. The second-order valence-electron chi connectivity index (χ2n) is 7.84. The Bertz CT molecular complexity index is 163. The first-order chi connectivity index (χ1) is 7.69. The highest BCUT2D eigenvalue weighted by atomic mass is 14.4. The van der Waals surface area contributed by atoms with E-state index in [4.69, 9.17) is 0 Å². The van der Waals surface area contributed by atoms with Gasteiger partial charge in [0.1, 0.15) is 0 Å². The Balaban J connectivity index is 3.95. The maximum Gasteiger partial charge on any atom is -0.0317 e. The van der Waals surface area contributed by atoms with Gasteiger partial charge in [0.25, 0.3) is 0 Å². The van der Waals surface area contributed by atoms with Crippen LogP contribution in [-0.4, -0.2) is 0 Å². The second-order valence-corrected chi connectivity index (χ2v) is 7.84. The molecule has 0 heteroatoms. The molecule has 104 valence electrons. The van der Waals surface area contributed by atoms with Crippen molar-refractivity contribution in [2.45, 2.75) is 93.4 Å². The van der Waals surface area contributed by atoms with Crippen molar-refractivity contribution in [3.63, 3.8) is 0 Å². The van der Waals surface area contributed by atoms with Gasteiger partial charge in [-0.25, -0.2) is 0 Å². The van der Waals surface area contributed by atoms with Crippen LogP contribution in [0.3, 0.4) is 0 Å². The minimum Gasteiger partial charge on any atom is -0.0654 e. The molecule has 0 N–H and O–H groups in total. The van der Waals surface area contributed by atoms with Crippen LogP contribution in [0.15, 0.2) is 0 Å². The van der Waals surface area contributed by atoms with Crippen LogP contribution >= 0.6 is 0 Å². The first-order valence-electron chi connectivity index (χ1n) is 7.69. The average molecular weight is 240 g/mol. The third kappa shape index (κ3) is 7.84. The smallest absolute Gasteiger partial charge is 0.0317 e. The van der Waals surface area contributed by atoms with Crippen LogP contribution in [0.4, 0.5) is 0 Å². The third-order valence-electron chi connectivity index (χ3n) is 3.94.